The average molecular weight is 421 g/mol. The van der Waals surface area contributed by atoms with E-state index in [4.69, 9.17) is 4.74 Å². The smallest absolute Gasteiger partial charge is 0.341 e. The quantitative estimate of drug-likeness (QED) is 0.693. The highest BCUT2D eigenvalue weighted by Crippen LogP contribution is 2.39. The number of fused-ring (bicyclic) bond motifs is 1. The molecule has 1 N–H and O–H groups in total. The van der Waals surface area contributed by atoms with Gasteiger partial charge in [0.1, 0.15) is 5.00 Å². The van der Waals surface area contributed by atoms with Gasteiger partial charge in [0, 0.05) is 24.3 Å². The van der Waals surface area contributed by atoms with Gasteiger partial charge in [-0.2, -0.15) is 0 Å². The van der Waals surface area contributed by atoms with Crippen LogP contribution in [0, 0.1) is 11.8 Å². The number of hydrogen-bond donors (Lipinski definition) is 1. The van der Waals surface area contributed by atoms with Crippen LogP contribution in [0.3, 0.4) is 0 Å². The molecular formula is C22H32N2O4S. The molecule has 1 aromatic heterocycles. The maximum atomic E-state index is 12.9. The van der Waals surface area contributed by atoms with E-state index in [1.807, 2.05) is 0 Å². The van der Waals surface area contributed by atoms with Crippen LogP contribution in [0.25, 0.3) is 0 Å². The van der Waals surface area contributed by atoms with Gasteiger partial charge >= 0.3 is 5.97 Å². The molecule has 0 radical (unpaired) electrons. The van der Waals surface area contributed by atoms with Crippen LogP contribution in [-0.2, 0) is 27.3 Å². The Kier molecular flexibility index (Phi) is 7.33. The summed E-state index contributed by atoms with van der Waals surface area (Å²) in [4.78, 5) is 39.8. The van der Waals surface area contributed by atoms with Crippen LogP contribution < -0.4 is 5.32 Å². The summed E-state index contributed by atoms with van der Waals surface area (Å²) >= 11 is 1.40. The summed E-state index contributed by atoms with van der Waals surface area (Å²) < 4.78 is 4.99. The largest absolute Gasteiger partial charge is 0.465 e. The number of rotatable bonds is 6. The highest BCUT2D eigenvalue weighted by Gasteiger charge is 2.32. The Morgan fingerprint density at radius 1 is 1.21 bits per heavy atom. The molecule has 29 heavy (non-hydrogen) atoms. The number of hydrogen-bond acceptors (Lipinski definition) is 5. The number of nitrogens with one attached hydrogen (secondary N) is 1. The molecule has 0 saturated heterocycles. The van der Waals surface area contributed by atoms with Crippen molar-refractivity contribution >= 4 is 34.1 Å². The van der Waals surface area contributed by atoms with Gasteiger partial charge in [0.25, 0.3) is 0 Å². The maximum Gasteiger partial charge on any atom is 0.341 e. The van der Waals surface area contributed by atoms with E-state index in [2.05, 4.69) is 12.2 Å². The Bertz CT molecular complexity index is 765. The SMILES string of the molecule is CCCCC1CCC(C(=O)Nc2sc3c(c2C(=O)OC)CCN(C(C)=O)C3)CC1. The number of thiophene rings is 1. The molecule has 2 aliphatic rings. The molecule has 7 heteroatoms. The van der Waals surface area contributed by atoms with E-state index >= 15 is 0 Å². The minimum Gasteiger partial charge on any atom is -0.465 e. The molecule has 0 spiro atoms. The van der Waals surface area contributed by atoms with Crippen molar-refractivity contribution in [1.29, 1.82) is 0 Å². The second-order valence-corrected chi connectivity index (χ2v) is 9.34. The molecule has 0 atom stereocenters. The first-order valence-electron chi connectivity index (χ1n) is 10.7. The number of nitrogens with zero attached hydrogens (tertiary/aromatic N) is 1. The molecule has 0 aromatic carbocycles. The lowest BCUT2D eigenvalue weighted by molar-refractivity contribution is -0.129. The Morgan fingerprint density at radius 3 is 2.55 bits per heavy atom. The molecule has 160 valence electrons. The van der Waals surface area contributed by atoms with Gasteiger partial charge in [0.2, 0.25) is 11.8 Å². The summed E-state index contributed by atoms with van der Waals surface area (Å²) in [5, 5.41) is 3.60. The first kappa shape index (κ1) is 21.8. The molecule has 1 fully saturated rings. The monoisotopic (exact) mass is 420 g/mol. The Labute approximate surface area is 177 Å². The molecular weight excluding hydrogens is 388 g/mol. The lowest BCUT2D eigenvalue weighted by atomic mass is 9.79. The van der Waals surface area contributed by atoms with Gasteiger partial charge < -0.3 is 15.0 Å². The van der Waals surface area contributed by atoms with E-state index in [0.717, 1.165) is 42.0 Å². The van der Waals surface area contributed by atoms with Crippen LogP contribution in [-0.4, -0.2) is 36.3 Å². The van der Waals surface area contributed by atoms with E-state index in [1.54, 1.807) is 11.8 Å². The van der Waals surface area contributed by atoms with Crippen LogP contribution in [0.5, 0.6) is 0 Å². The van der Waals surface area contributed by atoms with Gasteiger partial charge in [0.15, 0.2) is 0 Å². The summed E-state index contributed by atoms with van der Waals surface area (Å²) in [6.45, 7) is 4.84. The van der Waals surface area contributed by atoms with Crippen LogP contribution in [0.2, 0.25) is 0 Å². The molecule has 1 aliphatic heterocycles. The molecule has 1 saturated carbocycles. The van der Waals surface area contributed by atoms with Crippen molar-refractivity contribution in [2.24, 2.45) is 11.8 Å². The average Bonchev–Trinajstić information content (AvgIpc) is 3.08. The summed E-state index contributed by atoms with van der Waals surface area (Å²) in [5.74, 6) is 0.361. The third kappa shape index (κ3) is 5.00. The van der Waals surface area contributed by atoms with Crippen LogP contribution in [0.1, 0.15) is 79.6 Å². The lowest BCUT2D eigenvalue weighted by Gasteiger charge is -2.27. The fraction of sp³-hybridized carbons (Fsp3) is 0.682. The fourth-order valence-corrected chi connectivity index (χ4v) is 5.75. The number of anilines is 1. The number of carbonyl (C=O) groups is 3. The standard InChI is InChI=1S/C22H32N2O4S/c1-4-5-6-15-7-9-16(10-8-15)20(26)23-21-19(22(27)28-3)17-11-12-24(14(2)25)13-18(17)29-21/h15-16H,4-13H2,1-3H3,(H,23,26). The zero-order valence-corrected chi connectivity index (χ0v) is 18.5. The molecule has 0 unspecified atom stereocenters. The fourth-order valence-electron chi connectivity index (χ4n) is 4.50. The highest BCUT2D eigenvalue weighted by atomic mass is 32.1. The minimum absolute atomic E-state index is 0.00566. The summed E-state index contributed by atoms with van der Waals surface area (Å²) in [6, 6.07) is 0. The highest BCUT2D eigenvalue weighted by molar-refractivity contribution is 7.17. The Balaban J connectivity index is 1.71. The molecule has 2 heterocycles. The molecule has 2 amide bonds. The summed E-state index contributed by atoms with van der Waals surface area (Å²) in [6.07, 6.45) is 8.40. The number of ether oxygens (including phenoxy) is 1. The van der Waals surface area contributed by atoms with Gasteiger partial charge in [0.05, 0.1) is 19.2 Å². The van der Waals surface area contributed by atoms with Gasteiger partial charge in [-0.15, -0.1) is 11.3 Å². The third-order valence-electron chi connectivity index (χ3n) is 6.31. The number of unbranched alkanes of at least 4 members (excludes halogenated alkanes) is 1. The third-order valence-corrected chi connectivity index (χ3v) is 7.44. The number of methoxy groups -OCH3 is 1. The first-order valence-corrected chi connectivity index (χ1v) is 11.5. The van der Waals surface area contributed by atoms with Crippen LogP contribution in [0.4, 0.5) is 5.00 Å². The van der Waals surface area contributed by atoms with Gasteiger partial charge in [-0.25, -0.2) is 4.79 Å². The zero-order chi connectivity index (χ0) is 21.0. The first-order chi connectivity index (χ1) is 13.9. The van der Waals surface area contributed by atoms with E-state index in [0.29, 0.717) is 30.1 Å². The van der Waals surface area contributed by atoms with Crippen molar-refractivity contribution in [3.63, 3.8) is 0 Å². The molecule has 1 aromatic rings. The van der Waals surface area contributed by atoms with E-state index in [-0.39, 0.29) is 17.7 Å². The topological polar surface area (TPSA) is 75.7 Å². The lowest BCUT2D eigenvalue weighted by Crippen LogP contribution is -2.34. The van der Waals surface area contributed by atoms with Gasteiger partial charge in [-0.1, -0.05) is 26.2 Å². The van der Waals surface area contributed by atoms with E-state index < -0.39 is 5.97 Å². The number of esters is 1. The van der Waals surface area contributed by atoms with E-state index in [9.17, 15) is 14.4 Å². The molecule has 1 aliphatic carbocycles. The van der Waals surface area contributed by atoms with Crippen molar-refractivity contribution < 1.29 is 19.1 Å². The predicted molar refractivity (Wildman–Crippen MR) is 114 cm³/mol. The zero-order valence-electron chi connectivity index (χ0n) is 17.7. The summed E-state index contributed by atoms with van der Waals surface area (Å²) in [7, 11) is 1.36. The van der Waals surface area contributed by atoms with Crippen molar-refractivity contribution in [1.82, 2.24) is 4.90 Å². The molecule has 0 bridgehead atoms. The van der Waals surface area contributed by atoms with E-state index in [1.165, 1.54) is 37.7 Å². The second kappa shape index (κ2) is 9.74. The van der Waals surface area contributed by atoms with Crippen LogP contribution >= 0.6 is 11.3 Å². The van der Waals surface area contributed by atoms with Crippen molar-refractivity contribution in [2.75, 3.05) is 19.0 Å². The Morgan fingerprint density at radius 2 is 1.93 bits per heavy atom. The molecule has 3 rings (SSSR count). The summed E-state index contributed by atoms with van der Waals surface area (Å²) in [5.41, 5.74) is 1.39. The van der Waals surface area contributed by atoms with Crippen molar-refractivity contribution in [2.45, 2.75) is 71.8 Å². The Hall–Kier alpha value is -1.89. The second-order valence-electron chi connectivity index (χ2n) is 8.24. The van der Waals surface area contributed by atoms with Gasteiger partial charge in [-0.3, -0.25) is 9.59 Å². The van der Waals surface area contributed by atoms with Crippen LogP contribution in [0.15, 0.2) is 0 Å². The van der Waals surface area contributed by atoms with Crippen molar-refractivity contribution in [3.8, 4) is 0 Å². The maximum absolute atomic E-state index is 12.9. The number of carbonyl (C=O) groups excluding carboxylic acids is 3. The van der Waals surface area contributed by atoms with Crippen molar-refractivity contribution in [3.05, 3.63) is 16.0 Å². The number of amides is 2. The normalized spacial score (nSPS) is 21.4. The molecule has 6 nitrogen and oxygen atoms in total. The minimum atomic E-state index is -0.419. The van der Waals surface area contributed by atoms with Gasteiger partial charge in [-0.05, 0) is 43.6 Å². The predicted octanol–water partition coefficient (Wildman–Crippen LogP) is 4.37.